The summed E-state index contributed by atoms with van der Waals surface area (Å²) in [6.07, 6.45) is 6.18. The topological polar surface area (TPSA) is 57.2 Å². The number of nitrogens with one attached hydrogen (secondary N) is 1. The van der Waals surface area contributed by atoms with Crippen molar-refractivity contribution in [1.29, 1.82) is 0 Å². The van der Waals surface area contributed by atoms with E-state index in [0.29, 0.717) is 11.9 Å². The first-order valence-corrected chi connectivity index (χ1v) is 9.33. The maximum atomic E-state index is 4.60. The van der Waals surface area contributed by atoms with E-state index in [4.69, 9.17) is 0 Å². The molecule has 0 bridgehead atoms. The zero-order valence-electron chi connectivity index (χ0n) is 15.7. The molecule has 0 spiro atoms. The number of anilines is 2. The van der Waals surface area contributed by atoms with Crippen molar-refractivity contribution >= 4 is 17.8 Å². The first kappa shape index (κ1) is 18.3. The van der Waals surface area contributed by atoms with Crippen LogP contribution >= 0.6 is 0 Å². The molecule has 2 aromatic rings. The Morgan fingerprint density at radius 2 is 1.88 bits per heavy atom. The zero-order valence-corrected chi connectivity index (χ0v) is 15.7. The first-order chi connectivity index (χ1) is 12.7. The Morgan fingerprint density at radius 3 is 2.62 bits per heavy atom. The Bertz CT molecular complexity index is 692. The van der Waals surface area contributed by atoms with Crippen LogP contribution in [0.3, 0.4) is 0 Å². The summed E-state index contributed by atoms with van der Waals surface area (Å²) < 4.78 is 0. The summed E-state index contributed by atoms with van der Waals surface area (Å²) >= 11 is 0. The monoisotopic (exact) mass is 352 g/mol. The molecule has 0 unspecified atom stereocenters. The van der Waals surface area contributed by atoms with E-state index in [1.165, 1.54) is 5.56 Å². The van der Waals surface area contributed by atoms with Gasteiger partial charge in [0.25, 0.3) is 0 Å². The summed E-state index contributed by atoms with van der Waals surface area (Å²) in [4.78, 5) is 9.35. The van der Waals surface area contributed by atoms with E-state index in [1.54, 1.807) is 6.20 Å². The zero-order chi connectivity index (χ0) is 18.2. The first-order valence-electron chi connectivity index (χ1n) is 9.33. The molecule has 1 aliphatic rings. The lowest BCUT2D eigenvalue weighted by atomic mass is 10.2. The summed E-state index contributed by atoms with van der Waals surface area (Å²) in [5, 5.41) is 11.4. The van der Waals surface area contributed by atoms with Gasteiger partial charge in [-0.3, -0.25) is 4.90 Å². The number of rotatable bonds is 7. The molecule has 1 fully saturated rings. The second kappa shape index (κ2) is 9.29. The molecule has 1 aliphatic heterocycles. The lowest BCUT2D eigenvalue weighted by Gasteiger charge is -2.34. The van der Waals surface area contributed by atoms with Crippen LogP contribution in [0.4, 0.5) is 11.8 Å². The molecule has 0 aliphatic carbocycles. The number of hydrogen-bond acceptors (Lipinski definition) is 6. The van der Waals surface area contributed by atoms with E-state index >= 15 is 0 Å². The highest BCUT2D eigenvalue weighted by atomic mass is 15.3. The quantitative estimate of drug-likeness (QED) is 0.827. The highest BCUT2D eigenvalue weighted by Crippen LogP contribution is 2.14. The molecule has 0 saturated carbocycles. The average molecular weight is 352 g/mol. The minimum Gasteiger partial charge on any atom is -0.353 e. The van der Waals surface area contributed by atoms with Gasteiger partial charge in [0.1, 0.15) is 0 Å². The van der Waals surface area contributed by atoms with Crippen molar-refractivity contribution in [2.75, 3.05) is 49.5 Å². The van der Waals surface area contributed by atoms with Crippen molar-refractivity contribution in [3.05, 3.63) is 48.2 Å². The molecule has 2 heterocycles. The summed E-state index contributed by atoms with van der Waals surface area (Å²) in [6.45, 7) is 10.1. The van der Waals surface area contributed by atoms with Gasteiger partial charge in [0, 0.05) is 39.3 Å². The average Bonchev–Trinajstić information content (AvgIpc) is 2.68. The van der Waals surface area contributed by atoms with Crippen molar-refractivity contribution < 1.29 is 0 Å². The smallest absolute Gasteiger partial charge is 0.244 e. The molecule has 0 atom stereocenters. The van der Waals surface area contributed by atoms with E-state index in [2.05, 4.69) is 80.6 Å². The lowest BCUT2D eigenvalue weighted by molar-refractivity contribution is 0.283. The van der Waals surface area contributed by atoms with Crippen LogP contribution < -0.4 is 10.2 Å². The number of benzene rings is 1. The van der Waals surface area contributed by atoms with Crippen LogP contribution in [0.1, 0.15) is 19.4 Å². The van der Waals surface area contributed by atoms with Gasteiger partial charge in [-0.05, 0) is 11.5 Å². The van der Waals surface area contributed by atoms with Crippen LogP contribution in [0.25, 0.3) is 6.08 Å². The van der Waals surface area contributed by atoms with Crippen molar-refractivity contribution in [2.45, 2.75) is 13.8 Å². The van der Waals surface area contributed by atoms with Crippen LogP contribution in [0.2, 0.25) is 0 Å². The summed E-state index contributed by atoms with van der Waals surface area (Å²) in [6, 6.07) is 10.4. The fourth-order valence-electron chi connectivity index (χ4n) is 2.88. The Morgan fingerprint density at radius 1 is 1.12 bits per heavy atom. The second-order valence-corrected chi connectivity index (χ2v) is 7.01. The van der Waals surface area contributed by atoms with Gasteiger partial charge in [-0.15, -0.1) is 5.10 Å². The van der Waals surface area contributed by atoms with Crippen molar-refractivity contribution in [3.8, 4) is 0 Å². The highest BCUT2D eigenvalue weighted by Gasteiger charge is 2.18. The third-order valence-corrected chi connectivity index (χ3v) is 4.38. The third-order valence-electron chi connectivity index (χ3n) is 4.38. The van der Waals surface area contributed by atoms with Gasteiger partial charge in [-0.25, -0.2) is 0 Å². The SMILES string of the molecule is CC(C)CNc1nncc(N2CCN(C/C=C/c3ccccc3)CC2)n1. The van der Waals surface area contributed by atoms with Gasteiger partial charge < -0.3 is 10.2 Å². The number of piperazine rings is 1. The molecule has 3 rings (SSSR count). The predicted molar refractivity (Wildman–Crippen MR) is 107 cm³/mol. The number of aromatic nitrogens is 3. The molecule has 0 radical (unpaired) electrons. The maximum absolute atomic E-state index is 4.60. The van der Waals surface area contributed by atoms with E-state index in [0.717, 1.165) is 45.1 Å². The minimum atomic E-state index is 0.551. The molecule has 0 amide bonds. The van der Waals surface area contributed by atoms with E-state index in [1.807, 2.05) is 6.07 Å². The van der Waals surface area contributed by atoms with Gasteiger partial charge in [-0.2, -0.15) is 10.1 Å². The molecule has 6 heteroatoms. The molecule has 1 saturated heterocycles. The van der Waals surface area contributed by atoms with Crippen molar-refractivity contribution in [2.24, 2.45) is 5.92 Å². The molecule has 26 heavy (non-hydrogen) atoms. The number of nitrogens with zero attached hydrogens (tertiary/aromatic N) is 5. The minimum absolute atomic E-state index is 0.551. The molecule has 1 N–H and O–H groups in total. The van der Waals surface area contributed by atoms with Crippen LogP contribution in [-0.4, -0.2) is 59.3 Å². The maximum Gasteiger partial charge on any atom is 0.244 e. The van der Waals surface area contributed by atoms with Crippen LogP contribution in [0.15, 0.2) is 42.6 Å². The second-order valence-electron chi connectivity index (χ2n) is 7.01. The molecule has 1 aromatic carbocycles. The Kier molecular flexibility index (Phi) is 6.55. The molecular formula is C20H28N6. The summed E-state index contributed by atoms with van der Waals surface area (Å²) in [5.41, 5.74) is 1.25. The summed E-state index contributed by atoms with van der Waals surface area (Å²) in [7, 11) is 0. The number of hydrogen-bond donors (Lipinski definition) is 1. The molecule has 138 valence electrons. The fourth-order valence-corrected chi connectivity index (χ4v) is 2.88. The van der Waals surface area contributed by atoms with Crippen LogP contribution in [0.5, 0.6) is 0 Å². The summed E-state index contributed by atoms with van der Waals surface area (Å²) in [5.74, 6) is 2.07. The molecular weight excluding hydrogens is 324 g/mol. The molecule has 6 nitrogen and oxygen atoms in total. The van der Waals surface area contributed by atoms with Crippen molar-refractivity contribution in [3.63, 3.8) is 0 Å². The highest BCUT2D eigenvalue weighted by molar-refractivity contribution is 5.48. The van der Waals surface area contributed by atoms with Crippen LogP contribution in [0, 0.1) is 5.92 Å². The van der Waals surface area contributed by atoms with Crippen molar-refractivity contribution in [1.82, 2.24) is 20.1 Å². The van der Waals surface area contributed by atoms with E-state index in [-0.39, 0.29) is 0 Å². The fraction of sp³-hybridized carbons (Fsp3) is 0.450. The predicted octanol–water partition coefficient (Wildman–Crippen LogP) is 2.77. The largest absolute Gasteiger partial charge is 0.353 e. The van der Waals surface area contributed by atoms with Crippen LogP contribution in [-0.2, 0) is 0 Å². The molecule has 1 aromatic heterocycles. The third kappa shape index (κ3) is 5.52. The standard InChI is InChI=1S/C20H28N6/c1-17(2)15-21-20-23-19(16-22-24-20)26-13-11-25(12-14-26)10-6-9-18-7-4-3-5-8-18/h3-9,16-17H,10-15H2,1-2H3,(H,21,23,24)/b9-6+. The van der Waals surface area contributed by atoms with Gasteiger partial charge in [0.05, 0.1) is 6.20 Å². The Hall–Kier alpha value is -2.47. The van der Waals surface area contributed by atoms with Gasteiger partial charge >= 0.3 is 0 Å². The lowest BCUT2D eigenvalue weighted by Crippen LogP contribution is -2.46. The Labute approximate surface area is 156 Å². The van der Waals surface area contributed by atoms with Gasteiger partial charge in [0.2, 0.25) is 5.95 Å². The Balaban J connectivity index is 1.47. The van der Waals surface area contributed by atoms with Gasteiger partial charge in [0.15, 0.2) is 5.82 Å². The van der Waals surface area contributed by atoms with E-state index < -0.39 is 0 Å². The normalized spacial score (nSPS) is 15.7. The van der Waals surface area contributed by atoms with Gasteiger partial charge in [-0.1, -0.05) is 56.3 Å². The van der Waals surface area contributed by atoms with E-state index in [9.17, 15) is 0 Å².